The lowest BCUT2D eigenvalue weighted by Crippen LogP contribution is -2.35. The van der Waals surface area contributed by atoms with Gasteiger partial charge in [0.15, 0.2) is 0 Å². The summed E-state index contributed by atoms with van der Waals surface area (Å²) < 4.78 is 11.2. The lowest BCUT2D eigenvalue weighted by atomic mass is 10.1. The van der Waals surface area contributed by atoms with Gasteiger partial charge in [0.1, 0.15) is 18.5 Å². The second kappa shape index (κ2) is 13.6. The predicted molar refractivity (Wildman–Crippen MR) is 97.8 cm³/mol. The van der Waals surface area contributed by atoms with Gasteiger partial charge >= 0.3 is 0 Å². The zero-order valence-corrected chi connectivity index (χ0v) is 15.4. The summed E-state index contributed by atoms with van der Waals surface area (Å²) in [6.45, 7) is 8.73. The standard InChI is InChI=1S/C18H31NO3.ClH/c1-4-5-11-21-12-10-16-6-8-18(9-7-16)22-14-17(20)13-19-15(2)3;/h6-9,15,17,19-20H,4-5,10-14H2,1-3H3;1H. The molecule has 5 heteroatoms. The molecule has 1 aromatic rings. The average molecular weight is 346 g/mol. The van der Waals surface area contributed by atoms with Gasteiger partial charge in [-0.1, -0.05) is 39.3 Å². The molecule has 1 unspecified atom stereocenters. The minimum Gasteiger partial charge on any atom is -0.491 e. The van der Waals surface area contributed by atoms with Crippen LogP contribution in [0.25, 0.3) is 0 Å². The molecule has 0 bridgehead atoms. The van der Waals surface area contributed by atoms with E-state index in [4.69, 9.17) is 9.47 Å². The van der Waals surface area contributed by atoms with E-state index in [9.17, 15) is 5.11 Å². The van der Waals surface area contributed by atoms with E-state index >= 15 is 0 Å². The molecule has 2 N–H and O–H groups in total. The maximum atomic E-state index is 9.80. The van der Waals surface area contributed by atoms with E-state index in [2.05, 4.69) is 38.2 Å². The first-order valence-corrected chi connectivity index (χ1v) is 8.32. The van der Waals surface area contributed by atoms with Gasteiger partial charge in [-0.25, -0.2) is 0 Å². The van der Waals surface area contributed by atoms with Crippen LogP contribution in [0.15, 0.2) is 24.3 Å². The summed E-state index contributed by atoms with van der Waals surface area (Å²) in [5.41, 5.74) is 1.24. The van der Waals surface area contributed by atoms with Crippen molar-refractivity contribution in [3.05, 3.63) is 29.8 Å². The average Bonchev–Trinajstić information content (AvgIpc) is 2.52. The molecule has 0 radical (unpaired) electrons. The fraction of sp³-hybridized carbons (Fsp3) is 0.667. The molecule has 0 fully saturated rings. The first-order valence-electron chi connectivity index (χ1n) is 8.32. The molecule has 0 amide bonds. The second-order valence-electron chi connectivity index (χ2n) is 5.89. The van der Waals surface area contributed by atoms with Crippen molar-refractivity contribution in [1.82, 2.24) is 5.32 Å². The van der Waals surface area contributed by atoms with Crippen molar-refractivity contribution in [2.24, 2.45) is 0 Å². The highest BCUT2D eigenvalue weighted by Gasteiger charge is 2.06. The van der Waals surface area contributed by atoms with Crippen LogP contribution in [0.1, 0.15) is 39.2 Å². The van der Waals surface area contributed by atoms with Gasteiger partial charge in [-0.2, -0.15) is 0 Å². The highest BCUT2D eigenvalue weighted by Crippen LogP contribution is 2.13. The maximum Gasteiger partial charge on any atom is 0.119 e. The van der Waals surface area contributed by atoms with E-state index in [1.807, 2.05) is 12.1 Å². The van der Waals surface area contributed by atoms with E-state index < -0.39 is 6.10 Å². The summed E-state index contributed by atoms with van der Waals surface area (Å²) in [7, 11) is 0. The number of rotatable bonds is 12. The number of nitrogens with one attached hydrogen (secondary N) is 1. The van der Waals surface area contributed by atoms with E-state index in [0.717, 1.165) is 31.8 Å². The SMILES string of the molecule is CCCCOCCc1ccc(OCC(O)CNC(C)C)cc1.Cl. The third kappa shape index (κ3) is 11.4. The van der Waals surface area contributed by atoms with E-state index in [0.29, 0.717) is 19.2 Å². The number of aliphatic hydroxyl groups excluding tert-OH is 1. The van der Waals surface area contributed by atoms with Crippen LogP contribution < -0.4 is 10.1 Å². The number of hydrogen-bond acceptors (Lipinski definition) is 4. The predicted octanol–water partition coefficient (Wildman–Crippen LogP) is 3.21. The van der Waals surface area contributed by atoms with Crippen LogP contribution in [0.4, 0.5) is 0 Å². The summed E-state index contributed by atoms with van der Waals surface area (Å²) in [5, 5.41) is 13.0. The Kier molecular flexibility index (Phi) is 13.1. The molecule has 0 aliphatic heterocycles. The number of unbranched alkanes of at least 4 members (excludes halogenated alkanes) is 1. The fourth-order valence-electron chi connectivity index (χ4n) is 1.91. The summed E-state index contributed by atoms with van der Waals surface area (Å²) >= 11 is 0. The van der Waals surface area contributed by atoms with Crippen molar-refractivity contribution in [3.8, 4) is 5.75 Å². The first kappa shape index (κ1) is 22.2. The summed E-state index contributed by atoms with van der Waals surface area (Å²) in [5.74, 6) is 0.791. The molecule has 0 aliphatic carbocycles. The van der Waals surface area contributed by atoms with Gasteiger partial charge in [0.25, 0.3) is 0 Å². The number of benzene rings is 1. The van der Waals surface area contributed by atoms with E-state index in [-0.39, 0.29) is 12.4 Å². The van der Waals surface area contributed by atoms with Crippen LogP contribution in [-0.2, 0) is 11.2 Å². The zero-order chi connectivity index (χ0) is 16.2. The molecule has 0 aliphatic rings. The Hall–Kier alpha value is -0.810. The van der Waals surface area contributed by atoms with Crippen LogP contribution >= 0.6 is 12.4 Å². The normalized spacial score (nSPS) is 12.0. The molecule has 23 heavy (non-hydrogen) atoms. The fourth-order valence-corrected chi connectivity index (χ4v) is 1.91. The Morgan fingerprint density at radius 2 is 1.83 bits per heavy atom. The molecule has 4 nitrogen and oxygen atoms in total. The van der Waals surface area contributed by atoms with Crippen LogP contribution in [-0.4, -0.2) is 43.6 Å². The molecule has 0 spiro atoms. The minimum absolute atomic E-state index is 0. The summed E-state index contributed by atoms with van der Waals surface area (Å²) in [6.07, 6.45) is 2.73. The van der Waals surface area contributed by atoms with Crippen molar-refractivity contribution in [1.29, 1.82) is 0 Å². The third-order valence-electron chi connectivity index (χ3n) is 3.30. The molecule has 1 rings (SSSR count). The molecule has 0 saturated heterocycles. The monoisotopic (exact) mass is 345 g/mol. The number of hydrogen-bond donors (Lipinski definition) is 2. The van der Waals surface area contributed by atoms with Crippen molar-refractivity contribution in [2.75, 3.05) is 26.4 Å². The Morgan fingerprint density at radius 1 is 1.13 bits per heavy atom. The molecule has 134 valence electrons. The molecular weight excluding hydrogens is 314 g/mol. The van der Waals surface area contributed by atoms with Crippen LogP contribution in [0.2, 0.25) is 0 Å². The lowest BCUT2D eigenvalue weighted by Gasteiger charge is -2.15. The molecule has 0 aromatic heterocycles. The Morgan fingerprint density at radius 3 is 2.43 bits per heavy atom. The van der Waals surface area contributed by atoms with Crippen molar-refractivity contribution in [3.63, 3.8) is 0 Å². The van der Waals surface area contributed by atoms with Gasteiger partial charge in [0.05, 0.1) is 6.61 Å². The Bertz CT molecular complexity index is 384. The second-order valence-corrected chi connectivity index (χ2v) is 5.89. The van der Waals surface area contributed by atoms with Crippen LogP contribution in [0.3, 0.4) is 0 Å². The van der Waals surface area contributed by atoms with Gasteiger partial charge in [-0.3, -0.25) is 0 Å². The van der Waals surface area contributed by atoms with Gasteiger partial charge in [0.2, 0.25) is 0 Å². The number of ether oxygens (including phenoxy) is 2. The van der Waals surface area contributed by atoms with Gasteiger partial charge < -0.3 is 19.9 Å². The third-order valence-corrected chi connectivity index (χ3v) is 3.30. The molecule has 1 atom stereocenters. The zero-order valence-electron chi connectivity index (χ0n) is 14.6. The number of halogens is 1. The number of aliphatic hydroxyl groups is 1. The summed E-state index contributed by atoms with van der Waals surface area (Å²) in [6, 6.07) is 8.37. The Labute approximate surface area is 147 Å². The Balaban J connectivity index is 0.00000484. The van der Waals surface area contributed by atoms with Crippen molar-refractivity contribution < 1.29 is 14.6 Å². The van der Waals surface area contributed by atoms with E-state index in [1.54, 1.807) is 0 Å². The maximum absolute atomic E-state index is 9.80. The van der Waals surface area contributed by atoms with Crippen LogP contribution in [0.5, 0.6) is 5.75 Å². The van der Waals surface area contributed by atoms with Gasteiger partial charge in [-0.15, -0.1) is 12.4 Å². The molecule has 0 heterocycles. The van der Waals surface area contributed by atoms with Crippen LogP contribution in [0, 0.1) is 0 Å². The summed E-state index contributed by atoms with van der Waals surface area (Å²) in [4.78, 5) is 0. The van der Waals surface area contributed by atoms with Crippen molar-refractivity contribution >= 4 is 12.4 Å². The molecule has 0 saturated carbocycles. The minimum atomic E-state index is -0.492. The topological polar surface area (TPSA) is 50.7 Å². The first-order chi connectivity index (χ1) is 10.6. The lowest BCUT2D eigenvalue weighted by molar-refractivity contribution is 0.104. The van der Waals surface area contributed by atoms with Crippen molar-refractivity contribution in [2.45, 2.75) is 52.2 Å². The highest BCUT2D eigenvalue weighted by molar-refractivity contribution is 5.85. The molecular formula is C18H32ClNO3. The highest BCUT2D eigenvalue weighted by atomic mass is 35.5. The molecule has 1 aromatic carbocycles. The quantitative estimate of drug-likeness (QED) is 0.571. The van der Waals surface area contributed by atoms with Gasteiger partial charge in [0, 0.05) is 19.2 Å². The largest absolute Gasteiger partial charge is 0.491 e. The van der Waals surface area contributed by atoms with E-state index in [1.165, 1.54) is 12.0 Å². The van der Waals surface area contributed by atoms with Gasteiger partial charge in [-0.05, 0) is 30.5 Å². The smallest absolute Gasteiger partial charge is 0.119 e.